The first kappa shape index (κ1) is 24.5. The fraction of sp³-hybridized carbons (Fsp3) is 0.444. The number of nitrogens with zero attached hydrogens (tertiary/aromatic N) is 4. The van der Waals surface area contributed by atoms with Crippen LogP contribution in [0.1, 0.15) is 55.5 Å². The molecule has 10 heteroatoms. The van der Waals surface area contributed by atoms with Crippen LogP contribution in [0.3, 0.4) is 0 Å². The standard InChI is InChI=1S/C27H31N5O3S2/c33-26-27(30-25(29-26)21-5-2-1-3-6-21)11-15-32(16-12-27)37(34,35)18-10-20-7-4-8-23-22(20)9-14-31(23)19-24-28-13-17-36-24/h4,7-10,13-14,17-18,21H,1-3,5-6,11-12,15-16,19H2,(H,29,30,33)/b18-10+. The normalized spacial score (nSPS) is 21.2. The molecule has 4 heterocycles. The van der Waals surface area contributed by atoms with Crippen molar-refractivity contribution in [3.63, 3.8) is 0 Å². The molecule has 1 saturated heterocycles. The first-order valence-electron chi connectivity index (χ1n) is 13.0. The maximum atomic E-state index is 13.2. The molecule has 194 valence electrons. The summed E-state index contributed by atoms with van der Waals surface area (Å²) in [5.41, 5.74) is 1.08. The van der Waals surface area contributed by atoms with Gasteiger partial charge in [0.05, 0.1) is 6.54 Å². The lowest BCUT2D eigenvalue weighted by Gasteiger charge is -2.34. The topological polar surface area (TPSA) is 96.7 Å². The van der Waals surface area contributed by atoms with E-state index in [1.165, 1.54) is 29.0 Å². The van der Waals surface area contributed by atoms with Gasteiger partial charge >= 0.3 is 0 Å². The van der Waals surface area contributed by atoms with Crippen molar-refractivity contribution in [3.05, 3.63) is 58.0 Å². The summed E-state index contributed by atoms with van der Waals surface area (Å²) in [5, 5.41) is 8.32. The summed E-state index contributed by atoms with van der Waals surface area (Å²) in [6, 6.07) is 7.92. The lowest BCUT2D eigenvalue weighted by molar-refractivity contribution is -0.124. The molecule has 37 heavy (non-hydrogen) atoms. The summed E-state index contributed by atoms with van der Waals surface area (Å²) in [4.78, 5) is 22.1. The molecule has 2 fully saturated rings. The zero-order valence-electron chi connectivity index (χ0n) is 20.7. The number of thiazole rings is 1. The van der Waals surface area contributed by atoms with E-state index in [0.717, 1.165) is 40.2 Å². The number of aliphatic imine (C=N–C) groups is 1. The molecule has 3 aliphatic rings. The number of benzene rings is 1. The van der Waals surface area contributed by atoms with E-state index in [1.807, 2.05) is 35.8 Å². The minimum absolute atomic E-state index is 0.0606. The van der Waals surface area contributed by atoms with E-state index in [-0.39, 0.29) is 19.0 Å². The Labute approximate surface area is 221 Å². The molecule has 8 nitrogen and oxygen atoms in total. The van der Waals surface area contributed by atoms with E-state index in [1.54, 1.807) is 23.6 Å². The van der Waals surface area contributed by atoms with Crippen molar-refractivity contribution < 1.29 is 13.2 Å². The molecule has 1 amide bonds. The summed E-state index contributed by atoms with van der Waals surface area (Å²) < 4.78 is 30.0. The average Bonchev–Trinajstić information content (AvgIpc) is 3.65. The number of fused-ring (bicyclic) bond motifs is 1. The van der Waals surface area contributed by atoms with Crippen LogP contribution in [0.15, 0.2) is 52.4 Å². The fourth-order valence-corrected chi connectivity index (χ4v) is 7.61. The number of carbonyl (C=O) groups is 1. The van der Waals surface area contributed by atoms with E-state index in [9.17, 15) is 13.2 Å². The van der Waals surface area contributed by atoms with Crippen LogP contribution in [0.4, 0.5) is 0 Å². The van der Waals surface area contributed by atoms with E-state index < -0.39 is 15.6 Å². The van der Waals surface area contributed by atoms with Crippen LogP contribution in [0.5, 0.6) is 0 Å². The van der Waals surface area contributed by atoms with Crippen LogP contribution >= 0.6 is 11.3 Å². The molecule has 1 aliphatic carbocycles. The monoisotopic (exact) mass is 537 g/mol. The van der Waals surface area contributed by atoms with Crippen LogP contribution in [0.25, 0.3) is 17.0 Å². The van der Waals surface area contributed by atoms with Crippen molar-refractivity contribution in [2.75, 3.05) is 13.1 Å². The molecule has 0 unspecified atom stereocenters. The lowest BCUT2D eigenvalue weighted by atomic mass is 9.88. The largest absolute Gasteiger partial charge is 0.341 e. The van der Waals surface area contributed by atoms with Crippen LogP contribution in [0, 0.1) is 5.92 Å². The smallest absolute Gasteiger partial charge is 0.253 e. The molecule has 1 aromatic carbocycles. The average molecular weight is 538 g/mol. The van der Waals surface area contributed by atoms with Crippen LogP contribution in [0.2, 0.25) is 0 Å². The van der Waals surface area contributed by atoms with Gasteiger partial charge in [0.2, 0.25) is 10.0 Å². The Hall–Kier alpha value is -2.82. The highest BCUT2D eigenvalue weighted by atomic mass is 32.2. The predicted octanol–water partition coefficient (Wildman–Crippen LogP) is 4.39. The number of carbonyl (C=O) groups excluding carboxylic acids is 1. The summed E-state index contributed by atoms with van der Waals surface area (Å²) >= 11 is 1.61. The number of rotatable bonds is 6. The number of hydrogen-bond donors (Lipinski definition) is 1. The highest BCUT2D eigenvalue weighted by Crippen LogP contribution is 2.35. The third-order valence-corrected chi connectivity index (χ3v) is 10.3. The highest BCUT2D eigenvalue weighted by molar-refractivity contribution is 7.92. The molecular formula is C27H31N5O3S2. The van der Waals surface area contributed by atoms with Gasteiger partial charge in [0.1, 0.15) is 16.4 Å². The maximum absolute atomic E-state index is 13.2. The third kappa shape index (κ3) is 4.78. The Morgan fingerprint density at radius 3 is 2.70 bits per heavy atom. The number of amides is 1. The molecule has 0 radical (unpaired) electrons. The maximum Gasteiger partial charge on any atom is 0.253 e. The van der Waals surface area contributed by atoms with E-state index in [2.05, 4.69) is 14.9 Å². The lowest BCUT2D eigenvalue weighted by Crippen LogP contribution is -2.50. The minimum Gasteiger partial charge on any atom is -0.341 e. The van der Waals surface area contributed by atoms with Crippen molar-refractivity contribution in [2.24, 2.45) is 10.9 Å². The molecule has 1 spiro atoms. The van der Waals surface area contributed by atoms with Gasteiger partial charge in [-0.2, -0.15) is 4.31 Å². The van der Waals surface area contributed by atoms with Crippen molar-refractivity contribution in [1.29, 1.82) is 0 Å². The summed E-state index contributed by atoms with van der Waals surface area (Å²) in [7, 11) is -3.62. The van der Waals surface area contributed by atoms with Gasteiger partial charge in [0.15, 0.2) is 0 Å². The molecule has 0 atom stereocenters. The SMILES string of the molecule is O=C1NC(C2CCCCC2)=NC12CCN(S(=O)(=O)/C=C/c1cccc3c1ccn3Cc1nccs1)CC2. The van der Waals surface area contributed by atoms with Crippen LogP contribution < -0.4 is 5.32 Å². The third-order valence-electron chi connectivity index (χ3n) is 7.96. The van der Waals surface area contributed by atoms with Gasteiger partial charge in [-0.05, 0) is 49.5 Å². The van der Waals surface area contributed by atoms with Gasteiger partial charge in [-0.1, -0.05) is 31.4 Å². The van der Waals surface area contributed by atoms with E-state index >= 15 is 0 Å². The second-order valence-corrected chi connectivity index (χ2v) is 13.0. The van der Waals surface area contributed by atoms with Gasteiger partial charge in [-0.25, -0.2) is 13.4 Å². The Morgan fingerprint density at radius 2 is 1.95 bits per heavy atom. The van der Waals surface area contributed by atoms with Gasteiger partial charge < -0.3 is 9.88 Å². The Kier molecular flexibility index (Phi) is 6.50. The van der Waals surface area contributed by atoms with E-state index in [0.29, 0.717) is 25.3 Å². The zero-order chi connectivity index (χ0) is 25.5. The molecule has 1 saturated carbocycles. The molecule has 2 aliphatic heterocycles. The number of piperidine rings is 1. The van der Waals surface area contributed by atoms with Crippen molar-refractivity contribution in [3.8, 4) is 0 Å². The van der Waals surface area contributed by atoms with Gasteiger partial charge in [0.25, 0.3) is 5.91 Å². The predicted molar refractivity (Wildman–Crippen MR) is 147 cm³/mol. The van der Waals surface area contributed by atoms with Crippen LogP contribution in [-0.2, 0) is 21.4 Å². The van der Waals surface area contributed by atoms with Gasteiger partial charge in [0, 0.05) is 53.1 Å². The first-order chi connectivity index (χ1) is 17.9. The van der Waals surface area contributed by atoms with Crippen molar-refractivity contribution in [1.82, 2.24) is 19.2 Å². The zero-order valence-corrected chi connectivity index (χ0v) is 22.3. The Morgan fingerprint density at radius 1 is 1.14 bits per heavy atom. The highest BCUT2D eigenvalue weighted by Gasteiger charge is 2.48. The van der Waals surface area contributed by atoms with Gasteiger partial charge in [-0.15, -0.1) is 11.3 Å². The van der Waals surface area contributed by atoms with Crippen molar-refractivity contribution in [2.45, 2.75) is 57.0 Å². The van der Waals surface area contributed by atoms with E-state index in [4.69, 9.17) is 4.99 Å². The fourth-order valence-electron chi connectivity index (χ4n) is 5.81. The molecule has 3 aromatic rings. The molecular weight excluding hydrogens is 506 g/mol. The molecule has 2 aromatic heterocycles. The summed E-state index contributed by atoms with van der Waals surface area (Å²) in [6.07, 6.45) is 12.1. The van der Waals surface area contributed by atoms with Crippen LogP contribution in [-0.4, -0.2) is 52.6 Å². The van der Waals surface area contributed by atoms with Gasteiger partial charge in [-0.3, -0.25) is 9.79 Å². The number of sulfonamides is 1. The van der Waals surface area contributed by atoms with Crippen molar-refractivity contribution >= 4 is 50.1 Å². The quantitative estimate of drug-likeness (QED) is 0.504. The number of hydrogen-bond acceptors (Lipinski definition) is 6. The second-order valence-electron chi connectivity index (χ2n) is 10.2. The number of nitrogens with one attached hydrogen (secondary N) is 1. The first-order valence-corrected chi connectivity index (χ1v) is 15.4. The summed E-state index contributed by atoms with van der Waals surface area (Å²) in [6.45, 7) is 1.26. The molecule has 0 bridgehead atoms. The minimum atomic E-state index is -3.62. The Balaban J connectivity index is 1.15. The summed E-state index contributed by atoms with van der Waals surface area (Å²) in [5.74, 6) is 1.10. The number of amidine groups is 1. The molecule has 6 rings (SSSR count). The molecule has 1 N–H and O–H groups in total. The Bertz CT molecular complexity index is 1460. The second kappa shape index (κ2) is 9.81. The number of aromatic nitrogens is 2.